The zero-order valence-corrected chi connectivity index (χ0v) is 12.6. The number of hydrogen-bond acceptors (Lipinski definition) is 4. The maximum Gasteiger partial charge on any atom is 0.227 e. The lowest BCUT2D eigenvalue weighted by molar-refractivity contribution is -0.313. The zero-order chi connectivity index (χ0) is 15.0. The predicted molar refractivity (Wildman–Crippen MR) is 75.8 cm³/mol. The van der Waals surface area contributed by atoms with Gasteiger partial charge in [-0.15, -0.1) is 0 Å². The van der Waals surface area contributed by atoms with Crippen molar-refractivity contribution < 1.29 is 19.4 Å². The van der Waals surface area contributed by atoms with Gasteiger partial charge in [0, 0.05) is 22.9 Å². The SMILES string of the molecule is O=C([O-])[C@@H]1[C@H](C(=O)NCc2ccccc2Br)[C@@H]2C=C[C@H]1O2. The summed E-state index contributed by atoms with van der Waals surface area (Å²) in [6, 6.07) is 7.53. The fraction of sp³-hybridized carbons (Fsp3) is 0.333. The number of carboxylic acid groups (broad SMARTS) is 1. The van der Waals surface area contributed by atoms with Gasteiger partial charge in [0.1, 0.15) is 0 Å². The van der Waals surface area contributed by atoms with Crippen molar-refractivity contribution in [2.75, 3.05) is 0 Å². The van der Waals surface area contributed by atoms with Crippen LogP contribution in [0.5, 0.6) is 0 Å². The number of fused-ring (bicyclic) bond motifs is 2. The average molecular weight is 351 g/mol. The van der Waals surface area contributed by atoms with Crippen molar-refractivity contribution in [3.05, 3.63) is 46.5 Å². The van der Waals surface area contributed by atoms with E-state index in [1.54, 1.807) is 12.2 Å². The Morgan fingerprint density at radius 3 is 2.52 bits per heavy atom. The molecule has 110 valence electrons. The van der Waals surface area contributed by atoms with Crippen LogP contribution in [0.3, 0.4) is 0 Å². The largest absolute Gasteiger partial charge is 0.550 e. The van der Waals surface area contributed by atoms with E-state index < -0.39 is 30.0 Å². The molecule has 2 bridgehead atoms. The number of hydrogen-bond donors (Lipinski definition) is 1. The third-order valence-corrected chi connectivity index (χ3v) is 4.66. The molecule has 0 aromatic heterocycles. The van der Waals surface area contributed by atoms with Crippen LogP contribution in [0.2, 0.25) is 0 Å². The van der Waals surface area contributed by atoms with Gasteiger partial charge >= 0.3 is 0 Å². The molecule has 6 heteroatoms. The summed E-state index contributed by atoms with van der Waals surface area (Å²) in [6.07, 6.45) is 2.39. The molecule has 0 spiro atoms. The highest BCUT2D eigenvalue weighted by atomic mass is 79.9. The van der Waals surface area contributed by atoms with Crippen molar-refractivity contribution >= 4 is 27.8 Å². The van der Waals surface area contributed by atoms with Gasteiger partial charge in [0.25, 0.3) is 0 Å². The molecule has 0 radical (unpaired) electrons. The van der Waals surface area contributed by atoms with E-state index in [0.29, 0.717) is 6.54 Å². The topological polar surface area (TPSA) is 78.5 Å². The molecule has 1 N–H and O–H groups in total. The van der Waals surface area contributed by atoms with E-state index in [9.17, 15) is 14.7 Å². The van der Waals surface area contributed by atoms with Crippen LogP contribution in [0.25, 0.3) is 0 Å². The number of nitrogens with one attached hydrogen (secondary N) is 1. The molecule has 1 aromatic rings. The number of aliphatic carboxylic acids is 1. The van der Waals surface area contributed by atoms with Gasteiger partial charge in [0.05, 0.1) is 18.1 Å². The standard InChI is InChI=1S/C15H14BrNO4/c16-9-4-2-1-3-8(9)7-17-14(18)12-10-5-6-11(21-10)13(12)15(19)20/h1-6,10-13H,7H2,(H,17,18)(H,19,20)/p-1/t10-,11+,12+,13-/m0/s1. The van der Waals surface area contributed by atoms with Crippen LogP contribution < -0.4 is 10.4 Å². The first-order chi connectivity index (χ1) is 10.1. The molecular weight excluding hydrogens is 338 g/mol. The van der Waals surface area contributed by atoms with E-state index >= 15 is 0 Å². The Morgan fingerprint density at radius 1 is 1.19 bits per heavy atom. The summed E-state index contributed by atoms with van der Waals surface area (Å²) in [6.45, 7) is 0.331. The molecule has 3 rings (SSSR count). The lowest BCUT2D eigenvalue weighted by Gasteiger charge is -2.25. The van der Waals surface area contributed by atoms with Crippen molar-refractivity contribution in [3.63, 3.8) is 0 Å². The maximum absolute atomic E-state index is 12.3. The van der Waals surface area contributed by atoms with E-state index in [0.717, 1.165) is 10.0 Å². The summed E-state index contributed by atoms with van der Waals surface area (Å²) < 4.78 is 6.35. The van der Waals surface area contributed by atoms with E-state index in [2.05, 4.69) is 21.2 Å². The zero-order valence-electron chi connectivity index (χ0n) is 11.0. The molecule has 1 saturated heterocycles. The van der Waals surface area contributed by atoms with E-state index in [1.807, 2.05) is 24.3 Å². The van der Waals surface area contributed by atoms with Crippen LogP contribution in [0, 0.1) is 11.8 Å². The molecule has 21 heavy (non-hydrogen) atoms. The lowest BCUT2D eigenvalue weighted by Crippen LogP contribution is -2.46. The van der Waals surface area contributed by atoms with Crippen molar-refractivity contribution in [1.82, 2.24) is 5.32 Å². The van der Waals surface area contributed by atoms with E-state index in [4.69, 9.17) is 4.74 Å². The first-order valence-corrected chi connectivity index (χ1v) is 7.43. The molecule has 0 aliphatic carbocycles. The minimum absolute atomic E-state index is 0.322. The Labute approximate surface area is 130 Å². The van der Waals surface area contributed by atoms with E-state index in [1.165, 1.54) is 0 Å². The molecule has 5 nitrogen and oxygen atoms in total. The number of halogens is 1. The Bertz CT molecular complexity index is 615. The molecule has 0 saturated carbocycles. The van der Waals surface area contributed by atoms with Crippen LogP contribution in [-0.4, -0.2) is 24.1 Å². The van der Waals surface area contributed by atoms with Crippen LogP contribution in [0.15, 0.2) is 40.9 Å². The highest BCUT2D eigenvalue weighted by molar-refractivity contribution is 9.10. The van der Waals surface area contributed by atoms with Gasteiger partial charge in [-0.25, -0.2) is 0 Å². The minimum atomic E-state index is -1.24. The number of rotatable bonds is 4. The van der Waals surface area contributed by atoms with Gasteiger partial charge in [-0.2, -0.15) is 0 Å². The number of amides is 1. The van der Waals surface area contributed by atoms with Gasteiger partial charge < -0.3 is 20.0 Å². The number of carbonyl (C=O) groups is 2. The molecular formula is C15H13BrNO4-. The summed E-state index contributed by atoms with van der Waals surface area (Å²) >= 11 is 3.41. The summed E-state index contributed by atoms with van der Waals surface area (Å²) in [5.74, 6) is -3.21. The van der Waals surface area contributed by atoms with Crippen LogP contribution in [0.1, 0.15) is 5.56 Å². The number of ether oxygens (including phenoxy) is 1. The maximum atomic E-state index is 12.3. The van der Waals surface area contributed by atoms with Gasteiger partial charge in [0.15, 0.2) is 0 Å². The fourth-order valence-electron chi connectivity index (χ4n) is 2.84. The van der Waals surface area contributed by atoms with Crippen molar-refractivity contribution in [3.8, 4) is 0 Å². The fourth-order valence-corrected chi connectivity index (χ4v) is 3.27. The summed E-state index contributed by atoms with van der Waals surface area (Å²) in [4.78, 5) is 23.5. The molecule has 0 unspecified atom stereocenters. The lowest BCUT2D eigenvalue weighted by atomic mass is 9.82. The molecule has 1 aromatic carbocycles. The smallest absolute Gasteiger partial charge is 0.227 e. The van der Waals surface area contributed by atoms with Crippen LogP contribution >= 0.6 is 15.9 Å². The Balaban J connectivity index is 1.69. The third kappa shape index (κ3) is 2.61. The van der Waals surface area contributed by atoms with Gasteiger partial charge in [-0.3, -0.25) is 4.79 Å². The Hall–Kier alpha value is -1.66. The number of benzene rings is 1. The second kappa shape index (κ2) is 5.61. The van der Waals surface area contributed by atoms with Crippen molar-refractivity contribution in [1.29, 1.82) is 0 Å². The van der Waals surface area contributed by atoms with Crippen molar-refractivity contribution in [2.24, 2.45) is 11.8 Å². The number of carbonyl (C=O) groups excluding carboxylic acids is 2. The van der Waals surface area contributed by atoms with Crippen LogP contribution in [-0.2, 0) is 20.9 Å². The molecule has 1 fully saturated rings. The third-order valence-electron chi connectivity index (χ3n) is 3.89. The number of carboxylic acids is 1. The highest BCUT2D eigenvalue weighted by Gasteiger charge is 2.50. The predicted octanol–water partition coefficient (Wildman–Crippen LogP) is 0.385. The molecule has 2 aliphatic heterocycles. The molecule has 1 amide bonds. The summed E-state index contributed by atoms with van der Waals surface area (Å²) in [7, 11) is 0. The minimum Gasteiger partial charge on any atom is -0.550 e. The van der Waals surface area contributed by atoms with Gasteiger partial charge in [-0.05, 0) is 11.6 Å². The van der Waals surface area contributed by atoms with Gasteiger partial charge in [-0.1, -0.05) is 46.3 Å². The average Bonchev–Trinajstić information content (AvgIpc) is 3.06. The van der Waals surface area contributed by atoms with E-state index in [-0.39, 0.29) is 5.91 Å². The Kier molecular flexibility index (Phi) is 3.82. The molecule has 2 aliphatic rings. The molecule has 2 heterocycles. The second-order valence-corrected chi connectivity index (χ2v) is 5.98. The summed E-state index contributed by atoms with van der Waals surface area (Å²) in [5, 5.41) is 14.0. The van der Waals surface area contributed by atoms with Crippen molar-refractivity contribution in [2.45, 2.75) is 18.8 Å². The quantitative estimate of drug-likeness (QED) is 0.796. The first kappa shape index (κ1) is 14.3. The van der Waals surface area contributed by atoms with Crippen LogP contribution in [0.4, 0.5) is 0 Å². The Morgan fingerprint density at radius 2 is 1.86 bits per heavy atom. The highest BCUT2D eigenvalue weighted by Crippen LogP contribution is 2.38. The normalized spacial score (nSPS) is 29.6. The summed E-state index contributed by atoms with van der Waals surface area (Å²) in [5.41, 5.74) is 0.926. The first-order valence-electron chi connectivity index (χ1n) is 6.63. The second-order valence-electron chi connectivity index (χ2n) is 5.13. The molecule has 4 atom stereocenters. The van der Waals surface area contributed by atoms with Gasteiger partial charge in [0.2, 0.25) is 5.91 Å². The monoisotopic (exact) mass is 350 g/mol.